The second kappa shape index (κ2) is 8.32. The molecule has 0 aromatic heterocycles. The molecule has 0 bridgehead atoms. The van der Waals surface area contributed by atoms with Crippen molar-refractivity contribution in [3.05, 3.63) is 0 Å². The molecule has 4 aliphatic carbocycles. The summed E-state index contributed by atoms with van der Waals surface area (Å²) in [5, 5.41) is 44.4. The van der Waals surface area contributed by atoms with E-state index in [0.29, 0.717) is 24.2 Å². The van der Waals surface area contributed by atoms with Gasteiger partial charge in [-0.2, -0.15) is 0 Å². The summed E-state index contributed by atoms with van der Waals surface area (Å²) in [6, 6.07) is 0. The predicted molar refractivity (Wildman–Crippen MR) is 124 cm³/mol. The average Bonchev–Trinajstić information content (AvgIpc) is 3.01. The first-order valence-electron chi connectivity index (χ1n) is 13.2. The minimum Gasteiger partial charge on any atom is -0.393 e. The fourth-order valence-corrected chi connectivity index (χ4v) is 9.23. The van der Waals surface area contributed by atoms with Crippen molar-refractivity contribution in [1.82, 2.24) is 0 Å². The van der Waals surface area contributed by atoms with E-state index in [1.807, 2.05) is 0 Å². The van der Waals surface area contributed by atoms with Crippen LogP contribution in [-0.2, 0) is 4.79 Å². The number of rotatable bonds is 5. The van der Waals surface area contributed by atoms with Gasteiger partial charge < -0.3 is 20.4 Å². The number of aliphatic hydroxyl groups is 4. The van der Waals surface area contributed by atoms with Gasteiger partial charge in [0.1, 0.15) is 5.60 Å². The molecule has 0 aliphatic heterocycles. The van der Waals surface area contributed by atoms with Crippen molar-refractivity contribution in [3.63, 3.8) is 0 Å². The maximum absolute atomic E-state index is 13.4. The van der Waals surface area contributed by atoms with Gasteiger partial charge in [-0.1, -0.05) is 53.9 Å². The van der Waals surface area contributed by atoms with Crippen molar-refractivity contribution in [2.45, 2.75) is 116 Å². The number of fused-ring (bicyclic) bond motifs is 5. The monoisotopic (exact) mass is 450 g/mol. The van der Waals surface area contributed by atoms with Crippen LogP contribution in [0.4, 0.5) is 0 Å². The normalized spacial score (nSPS) is 51.8. The smallest absolute Gasteiger partial charge is 0.165 e. The molecule has 0 aromatic rings. The van der Waals surface area contributed by atoms with Gasteiger partial charge in [0, 0.05) is 24.7 Å². The topological polar surface area (TPSA) is 98.0 Å². The van der Waals surface area contributed by atoms with Crippen LogP contribution in [0, 0.1) is 46.3 Å². The van der Waals surface area contributed by atoms with Crippen molar-refractivity contribution in [2.24, 2.45) is 46.3 Å². The molecule has 4 saturated carbocycles. The van der Waals surface area contributed by atoms with E-state index >= 15 is 0 Å². The zero-order valence-corrected chi connectivity index (χ0v) is 20.8. The van der Waals surface area contributed by atoms with Gasteiger partial charge in [-0.3, -0.25) is 4.79 Å². The van der Waals surface area contributed by atoms with Gasteiger partial charge in [0.15, 0.2) is 5.78 Å². The molecule has 5 heteroatoms. The van der Waals surface area contributed by atoms with Crippen molar-refractivity contribution in [3.8, 4) is 0 Å². The number of carbonyl (C=O) groups is 1. The zero-order valence-electron chi connectivity index (χ0n) is 20.8. The van der Waals surface area contributed by atoms with Crippen LogP contribution < -0.4 is 0 Å². The highest BCUT2D eigenvalue weighted by Gasteiger charge is 2.72. The highest BCUT2D eigenvalue weighted by molar-refractivity contribution is 5.90. The van der Waals surface area contributed by atoms with E-state index in [1.165, 1.54) is 19.3 Å². The van der Waals surface area contributed by atoms with Gasteiger partial charge in [0.2, 0.25) is 0 Å². The number of Topliss-reactive ketones (excluding diaryl/α,β-unsaturated/α-hetero) is 1. The second-order valence-corrected chi connectivity index (χ2v) is 12.9. The van der Waals surface area contributed by atoms with Crippen LogP contribution in [-0.4, -0.2) is 50.1 Å². The Morgan fingerprint density at radius 2 is 1.72 bits per heavy atom. The molecular formula is C27H46O5. The van der Waals surface area contributed by atoms with Gasteiger partial charge in [-0.05, 0) is 60.2 Å². The summed E-state index contributed by atoms with van der Waals surface area (Å²) in [4.78, 5) is 13.4. The van der Waals surface area contributed by atoms with Gasteiger partial charge in [-0.15, -0.1) is 0 Å². The Bertz CT molecular complexity index is 723. The summed E-state index contributed by atoms with van der Waals surface area (Å²) in [6.07, 6.45) is 4.39. The molecule has 32 heavy (non-hydrogen) atoms. The van der Waals surface area contributed by atoms with E-state index in [9.17, 15) is 25.2 Å². The molecule has 1 unspecified atom stereocenters. The quantitative estimate of drug-likeness (QED) is 0.512. The molecule has 5 nitrogen and oxygen atoms in total. The maximum Gasteiger partial charge on any atom is 0.165 e. The van der Waals surface area contributed by atoms with E-state index < -0.39 is 29.3 Å². The first-order valence-corrected chi connectivity index (χ1v) is 13.2. The van der Waals surface area contributed by atoms with Crippen LogP contribution in [0.25, 0.3) is 0 Å². The molecule has 4 fully saturated rings. The molecular weight excluding hydrogens is 404 g/mol. The van der Waals surface area contributed by atoms with E-state index in [1.54, 1.807) is 6.92 Å². The minimum absolute atomic E-state index is 0.0109. The summed E-state index contributed by atoms with van der Waals surface area (Å²) < 4.78 is 0. The Labute approximate surface area is 194 Å². The molecule has 0 heterocycles. The molecule has 11 atom stereocenters. The van der Waals surface area contributed by atoms with Gasteiger partial charge in [0.25, 0.3) is 0 Å². The van der Waals surface area contributed by atoms with Crippen molar-refractivity contribution >= 4 is 5.78 Å². The Kier molecular flexibility index (Phi) is 6.40. The van der Waals surface area contributed by atoms with Gasteiger partial charge >= 0.3 is 0 Å². The lowest BCUT2D eigenvalue weighted by Gasteiger charge is -2.65. The third-order valence-corrected chi connectivity index (χ3v) is 10.8. The van der Waals surface area contributed by atoms with Gasteiger partial charge in [0.05, 0.1) is 18.3 Å². The van der Waals surface area contributed by atoms with Crippen LogP contribution >= 0.6 is 0 Å². The Morgan fingerprint density at radius 3 is 2.38 bits per heavy atom. The van der Waals surface area contributed by atoms with Crippen LogP contribution in [0.1, 0.15) is 92.4 Å². The summed E-state index contributed by atoms with van der Waals surface area (Å²) >= 11 is 0. The summed E-state index contributed by atoms with van der Waals surface area (Å²) in [5.74, 6) is 1.60. The van der Waals surface area contributed by atoms with E-state index in [0.717, 1.165) is 18.8 Å². The van der Waals surface area contributed by atoms with Crippen molar-refractivity contribution in [1.29, 1.82) is 0 Å². The highest BCUT2D eigenvalue weighted by atomic mass is 16.3. The van der Waals surface area contributed by atoms with Crippen LogP contribution in [0.15, 0.2) is 0 Å². The molecule has 184 valence electrons. The first-order chi connectivity index (χ1) is 14.9. The SMILES string of the molecule is CC(C)CCCC(C)[C@H]1CC[C@H]2[C@@H]3CC(=O)[C@@]4(O)C[C@@H](O)C[C@@H](O)[C@]4(C)[C@H]3[C@@H](O)C[C@]12C. The molecule has 4 N–H and O–H groups in total. The van der Waals surface area contributed by atoms with Crippen LogP contribution in [0.2, 0.25) is 0 Å². The molecule has 4 rings (SSSR count). The number of carbonyl (C=O) groups excluding carboxylic acids is 1. The second-order valence-electron chi connectivity index (χ2n) is 12.9. The fraction of sp³-hybridized carbons (Fsp3) is 0.963. The summed E-state index contributed by atoms with van der Waals surface area (Å²) in [7, 11) is 0. The minimum atomic E-state index is -1.76. The third-order valence-electron chi connectivity index (χ3n) is 10.8. The highest BCUT2D eigenvalue weighted by Crippen LogP contribution is 2.68. The number of aliphatic hydroxyl groups excluding tert-OH is 3. The lowest BCUT2D eigenvalue weighted by Crippen LogP contribution is -2.73. The first kappa shape index (κ1) is 24.6. The lowest BCUT2D eigenvalue weighted by molar-refractivity contribution is -0.263. The van der Waals surface area contributed by atoms with Crippen LogP contribution in [0.3, 0.4) is 0 Å². The fourth-order valence-electron chi connectivity index (χ4n) is 9.23. The number of hydrogen-bond donors (Lipinski definition) is 4. The Hall–Kier alpha value is -0.490. The number of ketones is 1. The van der Waals surface area contributed by atoms with Crippen LogP contribution in [0.5, 0.6) is 0 Å². The molecule has 0 saturated heterocycles. The standard InChI is InChI=1S/C27H46O5/c1-15(2)7-6-8-16(3)19-9-10-20-18-12-23(31)27(32)13-17(28)11-22(30)26(27,5)24(18)21(29)14-25(19,20)4/h15-22,24,28-30,32H,6-14H2,1-5H3/t16?,17-,18-,19+,20-,21-,22+,24+,25+,26+,27-/m0/s1. The molecule has 0 aromatic carbocycles. The molecule has 0 radical (unpaired) electrons. The van der Waals surface area contributed by atoms with Gasteiger partial charge in [-0.25, -0.2) is 0 Å². The Morgan fingerprint density at radius 1 is 1.03 bits per heavy atom. The molecule has 4 aliphatic rings. The van der Waals surface area contributed by atoms with E-state index in [2.05, 4.69) is 27.7 Å². The third kappa shape index (κ3) is 3.44. The van der Waals surface area contributed by atoms with Crippen molar-refractivity contribution < 1.29 is 25.2 Å². The number of hydrogen-bond acceptors (Lipinski definition) is 5. The van der Waals surface area contributed by atoms with E-state index in [-0.39, 0.29) is 42.3 Å². The zero-order chi connectivity index (χ0) is 23.6. The predicted octanol–water partition coefficient (Wildman–Crippen LogP) is 3.70. The van der Waals surface area contributed by atoms with E-state index in [4.69, 9.17) is 0 Å². The summed E-state index contributed by atoms with van der Waals surface area (Å²) in [5.41, 5.74) is -2.89. The average molecular weight is 451 g/mol. The van der Waals surface area contributed by atoms with Crippen molar-refractivity contribution in [2.75, 3.05) is 0 Å². The molecule has 0 spiro atoms. The lowest BCUT2D eigenvalue weighted by atomic mass is 9.41. The summed E-state index contributed by atoms with van der Waals surface area (Å²) in [6.45, 7) is 11.1. The largest absolute Gasteiger partial charge is 0.393 e. The maximum atomic E-state index is 13.4. The molecule has 0 amide bonds. The Balaban J connectivity index is 1.62.